The number of Topliss-reactive ketones (excluding diaryl/α,β-unsaturated/α-hetero) is 1. The molecular formula is C15H15N3O5. The number of nitriles is 1. The topological polar surface area (TPSA) is 133 Å². The van der Waals surface area contributed by atoms with Crippen molar-refractivity contribution in [1.82, 2.24) is 5.32 Å². The molecule has 0 radical (unpaired) electrons. The van der Waals surface area contributed by atoms with Crippen molar-refractivity contribution in [2.75, 3.05) is 0 Å². The van der Waals surface area contributed by atoms with Crippen LogP contribution in [0, 0.1) is 33.3 Å². The highest BCUT2D eigenvalue weighted by atomic mass is 16.6. The molecule has 1 aliphatic rings. The zero-order chi connectivity index (χ0) is 17.4. The van der Waals surface area contributed by atoms with Crippen molar-refractivity contribution in [3.63, 3.8) is 0 Å². The van der Waals surface area contributed by atoms with Crippen LogP contribution in [0.15, 0.2) is 24.3 Å². The number of nitrogens with zero attached hydrogens (tertiary/aromatic N) is 2. The second-order valence-electron chi connectivity index (χ2n) is 5.71. The molecule has 8 heteroatoms. The molecule has 120 valence electrons. The summed E-state index contributed by atoms with van der Waals surface area (Å²) < 4.78 is 0. The summed E-state index contributed by atoms with van der Waals surface area (Å²) in [6.07, 6.45) is 0. The molecule has 1 fully saturated rings. The van der Waals surface area contributed by atoms with Gasteiger partial charge in [0.05, 0.1) is 16.9 Å². The molecule has 0 bridgehead atoms. The third kappa shape index (κ3) is 2.91. The molecule has 0 unspecified atom stereocenters. The van der Waals surface area contributed by atoms with Gasteiger partial charge in [-0.25, -0.2) is 0 Å². The fourth-order valence-corrected chi connectivity index (χ4v) is 3.13. The number of hydrogen-bond acceptors (Lipinski definition) is 6. The van der Waals surface area contributed by atoms with Crippen molar-refractivity contribution in [3.8, 4) is 6.07 Å². The van der Waals surface area contributed by atoms with E-state index in [1.54, 1.807) is 0 Å². The monoisotopic (exact) mass is 317 g/mol. The maximum atomic E-state index is 12.1. The lowest BCUT2D eigenvalue weighted by molar-refractivity contribution is -0.385. The summed E-state index contributed by atoms with van der Waals surface area (Å²) in [7, 11) is 0. The molecule has 4 atom stereocenters. The fraction of sp³-hybridized carbons (Fsp3) is 0.400. The van der Waals surface area contributed by atoms with E-state index in [0.717, 1.165) is 0 Å². The molecule has 2 N–H and O–H groups in total. The number of nitrogens with one attached hydrogen (secondary N) is 1. The SMILES string of the molecule is CC(=O)[C@H]1[C@@H](c2cccc([N+](=O)[O-])c2)[C@H](C#N)C(=O)N[C@@]1(C)O. The number of amides is 1. The van der Waals surface area contributed by atoms with Gasteiger partial charge in [0.2, 0.25) is 5.91 Å². The van der Waals surface area contributed by atoms with E-state index < -0.39 is 40.1 Å². The van der Waals surface area contributed by atoms with Crippen LogP contribution < -0.4 is 5.32 Å². The summed E-state index contributed by atoms with van der Waals surface area (Å²) in [6.45, 7) is 2.52. The standard InChI is InChI=1S/C15H15N3O5/c1-8(19)13-12(9-4-3-5-10(6-9)18(22)23)11(7-16)14(20)17-15(13,2)21/h3-6,11-13,21H,1-2H3,(H,17,20)/t11-,12-,13-,15-/m0/s1. The first-order valence-corrected chi connectivity index (χ1v) is 6.88. The Balaban J connectivity index is 2.63. The molecule has 8 nitrogen and oxygen atoms in total. The number of nitro groups is 1. The Morgan fingerprint density at radius 2 is 2.17 bits per heavy atom. The van der Waals surface area contributed by atoms with Gasteiger partial charge in [-0.3, -0.25) is 19.7 Å². The molecule has 0 saturated carbocycles. The van der Waals surface area contributed by atoms with Gasteiger partial charge in [-0.2, -0.15) is 5.26 Å². The van der Waals surface area contributed by atoms with Crippen LogP contribution in [0.5, 0.6) is 0 Å². The fourth-order valence-electron chi connectivity index (χ4n) is 3.13. The largest absolute Gasteiger partial charge is 0.370 e. The van der Waals surface area contributed by atoms with E-state index >= 15 is 0 Å². The molecular weight excluding hydrogens is 302 g/mol. The molecule has 0 aromatic heterocycles. The molecule has 2 rings (SSSR count). The average molecular weight is 317 g/mol. The lowest BCUT2D eigenvalue weighted by atomic mass is 9.68. The van der Waals surface area contributed by atoms with Gasteiger partial charge in [0.15, 0.2) is 0 Å². The Kier molecular flexibility index (Phi) is 4.16. The highest BCUT2D eigenvalue weighted by molar-refractivity contribution is 5.89. The highest BCUT2D eigenvalue weighted by Crippen LogP contribution is 2.42. The van der Waals surface area contributed by atoms with Crippen LogP contribution in [-0.4, -0.2) is 27.4 Å². The zero-order valence-corrected chi connectivity index (χ0v) is 12.5. The van der Waals surface area contributed by atoms with Crippen LogP contribution in [0.4, 0.5) is 5.69 Å². The van der Waals surface area contributed by atoms with E-state index in [4.69, 9.17) is 0 Å². The number of piperidine rings is 1. The van der Waals surface area contributed by atoms with E-state index in [1.165, 1.54) is 38.1 Å². The third-order valence-electron chi connectivity index (χ3n) is 4.03. The van der Waals surface area contributed by atoms with E-state index in [0.29, 0.717) is 5.56 Å². The van der Waals surface area contributed by atoms with Gasteiger partial charge in [-0.15, -0.1) is 0 Å². The van der Waals surface area contributed by atoms with Crippen molar-refractivity contribution >= 4 is 17.4 Å². The first-order valence-electron chi connectivity index (χ1n) is 6.88. The Morgan fingerprint density at radius 1 is 1.52 bits per heavy atom. The summed E-state index contributed by atoms with van der Waals surface area (Å²) in [4.78, 5) is 34.4. The van der Waals surface area contributed by atoms with Gasteiger partial charge in [0, 0.05) is 18.1 Å². The summed E-state index contributed by atoms with van der Waals surface area (Å²) in [5.74, 6) is -4.43. The normalized spacial score (nSPS) is 30.2. The summed E-state index contributed by atoms with van der Waals surface area (Å²) in [6, 6.07) is 7.25. The summed E-state index contributed by atoms with van der Waals surface area (Å²) >= 11 is 0. The Labute approximate surface area is 131 Å². The number of benzene rings is 1. The molecule has 1 saturated heterocycles. The van der Waals surface area contributed by atoms with Gasteiger partial charge in [0.1, 0.15) is 17.4 Å². The van der Waals surface area contributed by atoms with Crippen molar-refractivity contribution in [3.05, 3.63) is 39.9 Å². The second-order valence-corrected chi connectivity index (χ2v) is 5.71. The van der Waals surface area contributed by atoms with Gasteiger partial charge >= 0.3 is 0 Å². The van der Waals surface area contributed by atoms with Gasteiger partial charge in [-0.1, -0.05) is 12.1 Å². The summed E-state index contributed by atoms with van der Waals surface area (Å²) in [5.41, 5.74) is -1.76. The predicted molar refractivity (Wildman–Crippen MR) is 77.9 cm³/mol. The van der Waals surface area contributed by atoms with Gasteiger partial charge < -0.3 is 10.4 Å². The van der Waals surface area contributed by atoms with E-state index in [1.807, 2.05) is 6.07 Å². The third-order valence-corrected chi connectivity index (χ3v) is 4.03. The van der Waals surface area contributed by atoms with Gasteiger partial charge in [-0.05, 0) is 19.4 Å². The van der Waals surface area contributed by atoms with E-state index in [9.17, 15) is 30.1 Å². The number of carbonyl (C=O) groups excluding carboxylic acids is 2. The zero-order valence-electron chi connectivity index (χ0n) is 12.5. The number of ketones is 1. The number of nitro benzene ring substituents is 1. The number of non-ortho nitro benzene ring substituents is 1. The lowest BCUT2D eigenvalue weighted by Crippen LogP contribution is -2.62. The molecule has 1 amide bonds. The van der Waals surface area contributed by atoms with Crippen LogP contribution in [0.1, 0.15) is 25.3 Å². The molecule has 1 aromatic rings. The van der Waals surface area contributed by atoms with Crippen LogP contribution in [0.25, 0.3) is 0 Å². The summed E-state index contributed by atoms with van der Waals surface area (Å²) in [5, 5.41) is 32.9. The first kappa shape index (κ1) is 16.6. The molecule has 1 aromatic carbocycles. The number of rotatable bonds is 3. The van der Waals surface area contributed by atoms with Crippen LogP contribution >= 0.6 is 0 Å². The number of carbonyl (C=O) groups is 2. The minimum Gasteiger partial charge on any atom is -0.370 e. The number of hydrogen-bond donors (Lipinski definition) is 2. The van der Waals surface area contributed by atoms with Crippen LogP contribution in [0.3, 0.4) is 0 Å². The first-order chi connectivity index (χ1) is 10.7. The van der Waals surface area contributed by atoms with Crippen molar-refractivity contribution in [2.45, 2.75) is 25.5 Å². The Bertz CT molecular complexity index is 722. The molecule has 0 spiro atoms. The molecule has 1 heterocycles. The van der Waals surface area contributed by atoms with Crippen molar-refractivity contribution in [1.29, 1.82) is 5.26 Å². The average Bonchev–Trinajstić information content (AvgIpc) is 2.45. The van der Waals surface area contributed by atoms with E-state index in [2.05, 4.69) is 5.32 Å². The minimum atomic E-state index is -1.84. The lowest BCUT2D eigenvalue weighted by Gasteiger charge is -2.43. The highest BCUT2D eigenvalue weighted by Gasteiger charge is 2.52. The van der Waals surface area contributed by atoms with Crippen LogP contribution in [-0.2, 0) is 9.59 Å². The Hall–Kier alpha value is -2.79. The molecule has 1 aliphatic heterocycles. The molecule has 23 heavy (non-hydrogen) atoms. The van der Waals surface area contributed by atoms with Crippen molar-refractivity contribution < 1.29 is 19.6 Å². The van der Waals surface area contributed by atoms with Crippen LogP contribution in [0.2, 0.25) is 0 Å². The van der Waals surface area contributed by atoms with Crippen molar-refractivity contribution in [2.24, 2.45) is 11.8 Å². The second kappa shape index (κ2) is 5.78. The molecule has 0 aliphatic carbocycles. The smallest absolute Gasteiger partial charge is 0.269 e. The van der Waals surface area contributed by atoms with E-state index in [-0.39, 0.29) is 5.69 Å². The maximum Gasteiger partial charge on any atom is 0.269 e. The predicted octanol–water partition coefficient (Wildman–Crippen LogP) is 0.862. The number of aliphatic hydroxyl groups is 1. The minimum absolute atomic E-state index is 0.216. The Morgan fingerprint density at radius 3 is 2.70 bits per heavy atom. The quantitative estimate of drug-likeness (QED) is 0.627. The van der Waals surface area contributed by atoms with Gasteiger partial charge in [0.25, 0.3) is 5.69 Å². The maximum absolute atomic E-state index is 12.1.